The average molecular weight is 719 g/mol. The molecule has 6 heteroatoms. The van der Waals surface area contributed by atoms with E-state index in [4.69, 9.17) is 9.47 Å². The van der Waals surface area contributed by atoms with Crippen LogP contribution < -0.4 is 9.47 Å². The van der Waals surface area contributed by atoms with Gasteiger partial charge in [0.1, 0.15) is 23.0 Å². The Morgan fingerprint density at radius 1 is 0.444 bits per heavy atom. The minimum atomic E-state index is -0.960. The van der Waals surface area contributed by atoms with E-state index in [0.717, 1.165) is 57.8 Å². The number of carboxylic acids is 2. The lowest BCUT2D eigenvalue weighted by Gasteiger charge is -2.57. The quantitative estimate of drug-likeness (QED) is 0.155. The number of benzene rings is 5. The van der Waals surface area contributed by atoms with Gasteiger partial charge in [-0.2, -0.15) is 0 Å². The summed E-state index contributed by atoms with van der Waals surface area (Å²) >= 11 is 0. The van der Waals surface area contributed by atoms with E-state index in [1.165, 1.54) is 98.9 Å². The summed E-state index contributed by atoms with van der Waals surface area (Å²) in [5.41, 5.74) is 3.74. The van der Waals surface area contributed by atoms with E-state index in [2.05, 4.69) is 36.4 Å². The van der Waals surface area contributed by atoms with Crippen molar-refractivity contribution in [2.75, 3.05) is 0 Å². The molecule has 6 nitrogen and oxygen atoms in total. The minimum absolute atomic E-state index is 0.170. The molecule has 0 amide bonds. The average Bonchev–Trinajstić information content (AvgIpc) is 3.13. The summed E-state index contributed by atoms with van der Waals surface area (Å²) in [6, 6.07) is 27.2. The molecule has 8 aliphatic rings. The predicted molar refractivity (Wildman–Crippen MR) is 208 cm³/mol. The van der Waals surface area contributed by atoms with E-state index in [9.17, 15) is 19.8 Å². The van der Waals surface area contributed by atoms with Crippen LogP contribution in [0.5, 0.6) is 23.0 Å². The van der Waals surface area contributed by atoms with Crippen LogP contribution in [0.1, 0.15) is 109 Å². The maximum Gasteiger partial charge on any atom is 0.335 e. The Labute approximate surface area is 315 Å². The molecule has 0 aliphatic heterocycles. The van der Waals surface area contributed by atoms with Crippen molar-refractivity contribution >= 4 is 33.5 Å². The number of carbonyl (C=O) groups is 2. The van der Waals surface area contributed by atoms with Gasteiger partial charge >= 0.3 is 11.9 Å². The minimum Gasteiger partial charge on any atom is -0.478 e. The third-order valence-corrected chi connectivity index (χ3v) is 14.9. The van der Waals surface area contributed by atoms with E-state index in [1.807, 2.05) is 0 Å². The molecule has 5 aromatic carbocycles. The van der Waals surface area contributed by atoms with Gasteiger partial charge in [0, 0.05) is 10.8 Å². The van der Waals surface area contributed by atoms with E-state index in [0.29, 0.717) is 11.5 Å². The van der Waals surface area contributed by atoms with Crippen LogP contribution in [0, 0.1) is 35.5 Å². The molecule has 0 heterocycles. The summed E-state index contributed by atoms with van der Waals surface area (Å²) in [6.45, 7) is 0. The molecule has 13 rings (SSSR count). The SMILES string of the molecule is O=C(O)c1ccc(Oc2ccc(C34CC5CC(CC(C5)C3)C4)c3cc4c(C56CC7CC(CC(C7)C5)C6)ccc(Oc5ccc(C(=O)O)cc5)c4cc23)cc1. The van der Waals surface area contributed by atoms with E-state index < -0.39 is 11.9 Å². The number of aromatic carboxylic acids is 2. The lowest BCUT2D eigenvalue weighted by atomic mass is 9.47. The van der Waals surface area contributed by atoms with Gasteiger partial charge in [-0.05, 0) is 218 Å². The molecule has 0 aromatic heterocycles. The molecule has 5 aromatic rings. The molecule has 2 N–H and O–H groups in total. The first-order valence-corrected chi connectivity index (χ1v) is 20.3. The van der Waals surface area contributed by atoms with Crippen LogP contribution in [0.15, 0.2) is 84.9 Å². The fourth-order valence-electron chi connectivity index (χ4n) is 13.7. The predicted octanol–water partition coefficient (Wildman–Crippen LogP) is 11.9. The van der Waals surface area contributed by atoms with Crippen molar-refractivity contribution in [3.63, 3.8) is 0 Å². The van der Waals surface area contributed by atoms with Crippen LogP contribution in [0.3, 0.4) is 0 Å². The molecule has 54 heavy (non-hydrogen) atoms. The van der Waals surface area contributed by atoms with Crippen LogP contribution in [-0.4, -0.2) is 22.2 Å². The molecule has 0 spiro atoms. The third kappa shape index (κ3) is 5.19. The van der Waals surface area contributed by atoms with Crippen LogP contribution in [0.4, 0.5) is 0 Å². The van der Waals surface area contributed by atoms with Gasteiger partial charge in [-0.1, -0.05) is 12.1 Å². The van der Waals surface area contributed by atoms with Crippen molar-refractivity contribution in [1.82, 2.24) is 0 Å². The lowest BCUT2D eigenvalue weighted by Crippen LogP contribution is -2.48. The zero-order chi connectivity index (χ0) is 36.3. The monoisotopic (exact) mass is 718 g/mol. The van der Waals surface area contributed by atoms with Gasteiger partial charge in [-0.25, -0.2) is 9.59 Å². The van der Waals surface area contributed by atoms with Gasteiger partial charge in [0.25, 0.3) is 0 Å². The van der Waals surface area contributed by atoms with Gasteiger partial charge in [0.15, 0.2) is 0 Å². The second-order valence-corrected chi connectivity index (χ2v) is 18.4. The first-order valence-electron chi connectivity index (χ1n) is 20.3. The molecule has 8 aliphatic carbocycles. The molecule has 0 radical (unpaired) electrons. The molecule has 8 bridgehead atoms. The molecule has 0 unspecified atom stereocenters. The standard InChI is InChI=1S/C48H46O6/c49-45(50)33-1-5-35(6-2-33)53-43-11-9-41(47-21-27-13-28(22-47)15-29(14-27)23-47)37-19-38-40(20-39(37)43)44(54-36-7-3-34(4-8-36)46(51)52)12-10-42(38)48-24-30-16-31(25-48)18-32(17-30)26-48/h1-12,19-20,27-32H,13-18,21-26H2,(H,49,50)(H,51,52). The maximum atomic E-state index is 11.6. The van der Waals surface area contributed by atoms with Crippen molar-refractivity contribution < 1.29 is 29.3 Å². The molecular weight excluding hydrogens is 673 g/mol. The van der Waals surface area contributed by atoms with Gasteiger partial charge in [0.05, 0.1) is 11.1 Å². The molecule has 274 valence electrons. The normalized spacial score (nSPS) is 31.6. The van der Waals surface area contributed by atoms with Gasteiger partial charge in [-0.3, -0.25) is 0 Å². The highest BCUT2D eigenvalue weighted by Gasteiger charge is 2.53. The first-order chi connectivity index (χ1) is 26.2. The number of rotatable bonds is 8. The molecule has 8 saturated carbocycles. The highest BCUT2D eigenvalue weighted by Crippen LogP contribution is 2.64. The summed E-state index contributed by atoms with van der Waals surface area (Å²) in [7, 11) is 0. The summed E-state index contributed by atoms with van der Waals surface area (Å²) in [5.74, 6) is 5.64. The fourth-order valence-corrected chi connectivity index (χ4v) is 13.7. The molecular formula is C48H46O6. The second kappa shape index (κ2) is 11.8. The fraction of sp³-hybridized carbons (Fsp3) is 0.417. The lowest BCUT2D eigenvalue weighted by molar-refractivity contribution is -0.00451. The maximum absolute atomic E-state index is 11.6. The smallest absolute Gasteiger partial charge is 0.335 e. The molecule has 0 saturated heterocycles. The van der Waals surface area contributed by atoms with Crippen LogP contribution in [0.2, 0.25) is 0 Å². The van der Waals surface area contributed by atoms with E-state index in [1.54, 1.807) is 48.5 Å². The number of ether oxygens (including phenoxy) is 2. The third-order valence-electron chi connectivity index (χ3n) is 14.9. The Bertz CT molecular complexity index is 2120. The Hall–Kier alpha value is -4.84. The Morgan fingerprint density at radius 2 is 0.759 bits per heavy atom. The Kier molecular flexibility index (Phi) is 7.14. The number of fused-ring (bicyclic) bond motifs is 2. The number of hydrogen-bond acceptors (Lipinski definition) is 4. The van der Waals surface area contributed by atoms with Crippen molar-refractivity contribution in [2.45, 2.75) is 87.9 Å². The number of carboxylic acid groups (broad SMARTS) is 2. The van der Waals surface area contributed by atoms with E-state index >= 15 is 0 Å². The van der Waals surface area contributed by atoms with Crippen LogP contribution >= 0.6 is 0 Å². The van der Waals surface area contributed by atoms with Crippen molar-refractivity contribution in [3.05, 3.63) is 107 Å². The summed E-state index contributed by atoms with van der Waals surface area (Å²) < 4.78 is 13.4. The molecule has 8 fully saturated rings. The van der Waals surface area contributed by atoms with Crippen molar-refractivity contribution in [2.24, 2.45) is 35.5 Å². The number of hydrogen-bond donors (Lipinski definition) is 2. The zero-order valence-electron chi connectivity index (χ0n) is 30.6. The Morgan fingerprint density at radius 3 is 1.07 bits per heavy atom. The largest absolute Gasteiger partial charge is 0.478 e. The van der Waals surface area contributed by atoms with Crippen LogP contribution in [-0.2, 0) is 10.8 Å². The second-order valence-electron chi connectivity index (χ2n) is 18.4. The van der Waals surface area contributed by atoms with Crippen LogP contribution in [0.25, 0.3) is 21.5 Å². The Balaban J connectivity index is 1.13. The topological polar surface area (TPSA) is 93.1 Å². The summed E-state index contributed by atoms with van der Waals surface area (Å²) in [5, 5.41) is 23.7. The summed E-state index contributed by atoms with van der Waals surface area (Å²) in [6.07, 6.45) is 15.9. The van der Waals surface area contributed by atoms with Gasteiger partial charge in [-0.15, -0.1) is 0 Å². The van der Waals surface area contributed by atoms with Gasteiger partial charge < -0.3 is 19.7 Å². The van der Waals surface area contributed by atoms with E-state index in [-0.39, 0.29) is 22.0 Å². The zero-order valence-corrected chi connectivity index (χ0v) is 30.6. The first kappa shape index (κ1) is 32.6. The van der Waals surface area contributed by atoms with Gasteiger partial charge in [0.2, 0.25) is 0 Å². The highest BCUT2D eigenvalue weighted by molar-refractivity contribution is 6.06. The summed E-state index contributed by atoms with van der Waals surface area (Å²) in [4.78, 5) is 23.3. The van der Waals surface area contributed by atoms with Crippen molar-refractivity contribution in [1.29, 1.82) is 0 Å². The van der Waals surface area contributed by atoms with Crippen molar-refractivity contribution in [3.8, 4) is 23.0 Å². The molecule has 0 atom stereocenters. The highest BCUT2D eigenvalue weighted by atomic mass is 16.5.